The number of fused-ring (bicyclic) bond motifs is 1. The number of esters is 1. The molecule has 8 heteroatoms. The Morgan fingerprint density at radius 1 is 1.28 bits per heavy atom. The van der Waals surface area contributed by atoms with Crippen molar-refractivity contribution in [2.45, 2.75) is 13.1 Å². The van der Waals surface area contributed by atoms with Crippen LogP contribution in [0.4, 0.5) is 13.2 Å². The molecule has 0 aliphatic heterocycles. The van der Waals surface area contributed by atoms with E-state index in [1.807, 2.05) is 0 Å². The lowest BCUT2D eigenvalue weighted by Crippen LogP contribution is -2.08. The van der Waals surface area contributed by atoms with Crippen molar-refractivity contribution in [3.63, 3.8) is 0 Å². The summed E-state index contributed by atoms with van der Waals surface area (Å²) in [5.74, 6) is -0.574. The number of hydrogen-bond donors (Lipinski definition) is 0. The average molecular weight is 369 g/mol. The van der Waals surface area contributed by atoms with Crippen LogP contribution in [0, 0.1) is 0 Å². The van der Waals surface area contributed by atoms with Gasteiger partial charge in [0.05, 0.1) is 22.7 Å². The SMILES string of the molecule is CCOC(=O)c1nc(-c2ccccc2)n2cc(C(F)(F)F)cc(Cl)c12. The van der Waals surface area contributed by atoms with Gasteiger partial charge in [0.25, 0.3) is 0 Å². The molecule has 25 heavy (non-hydrogen) atoms. The van der Waals surface area contributed by atoms with Gasteiger partial charge in [0.2, 0.25) is 0 Å². The molecule has 0 atom stereocenters. The molecule has 3 aromatic rings. The molecular weight excluding hydrogens is 357 g/mol. The van der Waals surface area contributed by atoms with Gasteiger partial charge in [-0.3, -0.25) is 4.40 Å². The number of imidazole rings is 1. The van der Waals surface area contributed by atoms with Crippen molar-refractivity contribution < 1.29 is 22.7 Å². The van der Waals surface area contributed by atoms with Gasteiger partial charge < -0.3 is 4.74 Å². The number of carbonyl (C=O) groups excluding carboxylic acids is 1. The fraction of sp³-hybridized carbons (Fsp3) is 0.176. The molecule has 0 spiro atoms. The predicted molar refractivity (Wildman–Crippen MR) is 86.6 cm³/mol. The second-order valence-corrected chi connectivity index (χ2v) is 5.57. The largest absolute Gasteiger partial charge is 0.461 e. The Balaban J connectivity index is 2.34. The molecule has 0 aliphatic rings. The van der Waals surface area contributed by atoms with Crippen molar-refractivity contribution in [1.82, 2.24) is 9.38 Å². The molecule has 0 saturated heterocycles. The fourth-order valence-corrected chi connectivity index (χ4v) is 2.75. The number of ether oxygens (including phenoxy) is 1. The minimum atomic E-state index is -4.58. The van der Waals surface area contributed by atoms with E-state index in [1.54, 1.807) is 37.3 Å². The lowest BCUT2D eigenvalue weighted by atomic mass is 10.2. The van der Waals surface area contributed by atoms with Crippen molar-refractivity contribution in [3.8, 4) is 11.4 Å². The fourth-order valence-electron chi connectivity index (χ4n) is 2.46. The molecule has 2 aromatic heterocycles. The Labute approximate surface area is 145 Å². The molecule has 2 heterocycles. The smallest absolute Gasteiger partial charge is 0.417 e. The van der Waals surface area contributed by atoms with Crippen LogP contribution < -0.4 is 0 Å². The summed E-state index contributed by atoms with van der Waals surface area (Å²) in [5, 5.41) is -0.229. The molecule has 0 amide bonds. The molecule has 0 N–H and O–H groups in total. The van der Waals surface area contributed by atoms with Gasteiger partial charge in [-0.25, -0.2) is 9.78 Å². The van der Waals surface area contributed by atoms with Crippen molar-refractivity contribution in [1.29, 1.82) is 0 Å². The highest BCUT2D eigenvalue weighted by atomic mass is 35.5. The first kappa shape index (κ1) is 17.3. The van der Waals surface area contributed by atoms with Crippen LogP contribution in [-0.4, -0.2) is 22.0 Å². The second-order valence-electron chi connectivity index (χ2n) is 5.16. The number of benzene rings is 1. The van der Waals surface area contributed by atoms with Crippen molar-refractivity contribution >= 4 is 23.1 Å². The quantitative estimate of drug-likeness (QED) is 0.621. The van der Waals surface area contributed by atoms with E-state index in [-0.39, 0.29) is 28.7 Å². The Bertz CT molecular complexity index is 936. The van der Waals surface area contributed by atoms with E-state index in [1.165, 1.54) is 4.40 Å². The maximum atomic E-state index is 13.1. The summed E-state index contributed by atoms with van der Waals surface area (Å²) in [6.45, 7) is 1.73. The molecule has 130 valence electrons. The van der Waals surface area contributed by atoms with Crippen molar-refractivity contribution in [3.05, 3.63) is 58.9 Å². The number of hydrogen-bond acceptors (Lipinski definition) is 3. The number of nitrogens with zero attached hydrogens (tertiary/aromatic N) is 2. The van der Waals surface area contributed by atoms with E-state index in [4.69, 9.17) is 16.3 Å². The third kappa shape index (κ3) is 3.19. The Kier molecular flexibility index (Phi) is 4.43. The maximum absolute atomic E-state index is 13.1. The van der Waals surface area contributed by atoms with Crippen LogP contribution in [0.15, 0.2) is 42.6 Å². The van der Waals surface area contributed by atoms with Gasteiger partial charge in [-0.1, -0.05) is 41.9 Å². The van der Waals surface area contributed by atoms with E-state index in [0.717, 1.165) is 12.3 Å². The topological polar surface area (TPSA) is 43.6 Å². The first-order valence-corrected chi connectivity index (χ1v) is 7.72. The number of halogens is 4. The molecule has 0 fully saturated rings. The Morgan fingerprint density at radius 3 is 2.56 bits per heavy atom. The number of carbonyl (C=O) groups is 1. The van der Waals surface area contributed by atoms with E-state index < -0.39 is 17.7 Å². The van der Waals surface area contributed by atoms with Crippen LogP contribution in [0.1, 0.15) is 23.0 Å². The molecule has 0 bridgehead atoms. The normalized spacial score (nSPS) is 11.7. The highest BCUT2D eigenvalue weighted by Crippen LogP contribution is 2.35. The Morgan fingerprint density at radius 2 is 1.96 bits per heavy atom. The molecule has 0 aliphatic carbocycles. The number of pyridine rings is 1. The van der Waals surface area contributed by atoms with Gasteiger partial charge in [0, 0.05) is 11.8 Å². The van der Waals surface area contributed by atoms with Gasteiger partial charge in [-0.15, -0.1) is 0 Å². The van der Waals surface area contributed by atoms with E-state index in [0.29, 0.717) is 5.56 Å². The van der Waals surface area contributed by atoms with E-state index in [2.05, 4.69) is 4.98 Å². The van der Waals surface area contributed by atoms with Crippen LogP contribution in [0.3, 0.4) is 0 Å². The van der Waals surface area contributed by atoms with Gasteiger partial charge in [0.1, 0.15) is 5.82 Å². The summed E-state index contributed by atoms with van der Waals surface area (Å²) in [6.07, 6.45) is -3.71. The molecule has 3 rings (SSSR count). The highest BCUT2D eigenvalue weighted by Gasteiger charge is 2.33. The van der Waals surface area contributed by atoms with Crippen LogP contribution >= 0.6 is 11.6 Å². The lowest BCUT2D eigenvalue weighted by molar-refractivity contribution is -0.137. The minimum Gasteiger partial charge on any atom is -0.461 e. The second kappa shape index (κ2) is 6.40. The molecule has 1 aromatic carbocycles. The molecule has 0 saturated carbocycles. The van der Waals surface area contributed by atoms with Gasteiger partial charge in [-0.2, -0.15) is 13.2 Å². The van der Waals surface area contributed by atoms with Gasteiger partial charge in [0.15, 0.2) is 5.69 Å². The van der Waals surface area contributed by atoms with Crippen molar-refractivity contribution in [2.75, 3.05) is 6.61 Å². The van der Waals surface area contributed by atoms with E-state index in [9.17, 15) is 18.0 Å². The molecule has 4 nitrogen and oxygen atoms in total. The summed E-state index contributed by atoms with van der Waals surface area (Å²) >= 11 is 6.05. The molecule has 0 radical (unpaired) electrons. The summed E-state index contributed by atoms with van der Waals surface area (Å²) < 4.78 is 45.5. The maximum Gasteiger partial charge on any atom is 0.417 e. The number of alkyl halides is 3. The zero-order valence-corrected chi connectivity index (χ0v) is 13.7. The first-order valence-electron chi connectivity index (χ1n) is 7.34. The zero-order chi connectivity index (χ0) is 18.2. The van der Waals surface area contributed by atoms with Crippen LogP contribution in [0.25, 0.3) is 16.9 Å². The van der Waals surface area contributed by atoms with Gasteiger partial charge >= 0.3 is 12.1 Å². The first-order chi connectivity index (χ1) is 11.8. The van der Waals surface area contributed by atoms with E-state index >= 15 is 0 Å². The summed E-state index contributed by atoms with van der Waals surface area (Å²) in [6, 6.07) is 9.33. The standard InChI is InChI=1S/C17H12ClF3N2O2/c1-2-25-16(24)13-14-12(18)8-11(17(19,20)21)9-23(14)15(22-13)10-6-4-3-5-7-10/h3-9H,2H2,1H3. The van der Waals surface area contributed by atoms with Gasteiger partial charge in [-0.05, 0) is 13.0 Å². The minimum absolute atomic E-state index is 0.0759. The third-order valence-corrected chi connectivity index (χ3v) is 3.80. The molecule has 0 unspecified atom stereocenters. The predicted octanol–water partition coefficient (Wildman–Crippen LogP) is 4.85. The monoisotopic (exact) mass is 368 g/mol. The van der Waals surface area contributed by atoms with Crippen molar-refractivity contribution in [2.24, 2.45) is 0 Å². The van der Waals surface area contributed by atoms with Crippen LogP contribution in [0.5, 0.6) is 0 Å². The van der Waals surface area contributed by atoms with Crippen LogP contribution in [0.2, 0.25) is 5.02 Å². The highest BCUT2D eigenvalue weighted by molar-refractivity contribution is 6.34. The number of aromatic nitrogens is 2. The van der Waals surface area contributed by atoms with Crippen LogP contribution in [-0.2, 0) is 10.9 Å². The molecular formula is C17H12ClF3N2O2. The summed E-state index contributed by atoms with van der Waals surface area (Å²) in [5.41, 5.74) is -0.440. The lowest BCUT2D eigenvalue weighted by Gasteiger charge is -2.10. The summed E-state index contributed by atoms with van der Waals surface area (Å²) in [4.78, 5) is 16.4. The summed E-state index contributed by atoms with van der Waals surface area (Å²) in [7, 11) is 0. The average Bonchev–Trinajstić information content (AvgIpc) is 2.95. The zero-order valence-electron chi connectivity index (χ0n) is 13.0. The Hall–Kier alpha value is -2.54. The number of rotatable bonds is 3. The third-order valence-electron chi connectivity index (χ3n) is 3.52.